The molecule has 6 heteroatoms. The van der Waals surface area contributed by atoms with Gasteiger partial charge in [0, 0.05) is 12.1 Å². The number of carbonyl (C=O) groups is 1. The van der Waals surface area contributed by atoms with Crippen molar-refractivity contribution in [3.05, 3.63) is 64.5 Å². The molecular formula is C19H22FNO3S. The summed E-state index contributed by atoms with van der Waals surface area (Å²) in [6, 6.07) is 9.39. The minimum atomic E-state index is -3.42. The summed E-state index contributed by atoms with van der Waals surface area (Å²) in [7, 11) is -3.42. The van der Waals surface area contributed by atoms with Crippen molar-refractivity contribution < 1.29 is 17.6 Å². The maximum atomic E-state index is 13.1. The first-order valence-electron chi connectivity index (χ1n) is 7.99. The Kier molecular flexibility index (Phi) is 5.95. The van der Waals surface area contributed by atoms with Crippen molar-refractivity contribution in [3.63, 3.8) is 0 Å². The molecular weight excluding hydrogens is 341 g/mol. The molecule has 1 N–H and O–H groups in total. The second-order valence-corrected chi connectivity index (χ2v) is 8.46. The quantitative estimate of drug-likeness (QED) is 0.851. The van der Waals surface area contributed by atoms with Gasteiger partial charge in [-0.1, -0.05) is 23.8 Å². The molecule has 0 aromatic heterocycles. The van der Waals surface area contributed by atoms with E-state index in [0.717, 1.165) is 22.3 Å². The van der Waals surface area contributed by atoms with E-state index in [2.05, 4.69) is 5.32 Å². The fourth-order valence-corrected chi connectivity index (χ4v) is 4.30. The van der Waals surface area contributed by atoms with Crippen LogP contribution in [0.15, 0.2) is 36.4 Å². The molecule has 2 rings (SSSR count). The zero-order valence-corrected chi connectivity index (χ0v) is 15.4. The lowest BCUT2D eigenvalue weighted by molar-refractivity contribution is -0.115. The van der Waals surface area contributed by atoms with Crippen LogP contribution in [-0.4, -0.2) is 20.1 Å². The highest BCUT2D eigenvalue weighted by atomic mass is 32.2. The SMILES string of the molecule is Cc1cc(C)c(CS(=O)(=O)CCC(=O)Nc2cccc(F)c2)c(C)c1. The molecule has 0 heterocycles. The van der Waals surface area contributed by atoms with E-state index in [4.69, 9.17) is 0 Å². The molecule has 0 unspecified atom stereocenters. The number of sulfone groups is 1. The number of amides is 1. The van der Waals surface area contributed by atoms with Gasteiger partial charge in [-0.25, -0.2) is 12.8 Å². The predicted octanol–water partition coefficient (Wildman–Crippen LogP) is 3.69. The smallest absolute Gasteiger partial charge is 0.225 e. The number of carbonyl (C=O) groups excluding carboxylic acids is 1. The molecule has 134 valence electrons. The molecule has 25 heavy (non-hydrogen) atoms. The van der Waals surface area contributed by atoms with Crippen molar-refractivity contribution in [1.82, 2.24) is 0 Å². The number of nitrogens with one attached hydrogen (secondary N) is 1. The molecule has 0 aliphatic carbocycles. The van der Waals surface area contributed by atoms with Crippen LogP contribution in [-0.2, 0) is 20.4 Å². The lowest BCUT2D eigenvalue weighted by Gasteiger charge is -2.12. The zero-order chi connectivity index (χ0) is 18.6. The topological polar surface area (TPSA) is 63.2 Å². The van der Waals surface area contributed by atoms with Gasteiger partial charge in [-0.3, -0.25) is 4.79 Å². The Morgan fingerprint density at radius 1 is 1.08 bits per heavy atom. The summed E-state index contributed by atoms with van der Waals surface area (Å²) in [6.45, 7) is 5.75. The summed E-state index contributed by atoms with van der Waals surface area (Å²) in [6.07, 6.45) is -0.164. The van der Waals surface area contributed by atoms with Crippen LogP contribution in [0.25, 0.3) is 0 Å². The standard InChI is InChI=1S/C19H22FNO3S/c1-13-9-14(2)18(15(3)10-13)12-25(23,24)8-7-19(22)21-17-6-4-5-16(20)11-17/h4-6,9-11H,7-8,12H2,1-3H3,(H,21,22). The van der Waals surface area contributed by atoms with Gasteiger partial charge in [0.2, 0.25) is 5.91 Å². The Bertz CT molecular complexity index is 868. The highest BCUT2D eigenvalue weighted by molar-refractivity contribution is 7.90. The average molecular weight is 363 g/mol. The summed E-state index contributed by atoms with van der Waals surface area (Å²) in [5.41, 5.74) is 4.06. The zero-order valence-electron chi connectivity index (χ0n) is 14.6. The van der Waals surface area contributed by atoms with Crippen molar-refractivity contribution in [2.75, 3.05) is 11.1 Å². The maximum Gasteiger partial charge on any atom is 0.225 e. The number of aryl methyl sites for hydroxylation is 3. The van der Waals surface area contributed by atoms with Crippen LogP contribution in [0, 0.1) is 26.6 Å². The maximum absolute atomic E-state index is 13.1. The molecule has 4 nitrogen and oxygen atoms in total. The number of benzene rings is 2. The van der Waals surface area contributed by atoms with Crippen LogP contribution in [0.2, 0.25) is 0 Å². The molecule has 0 bridgehead atoms. The van der Waals surface area contributed by atoms with Crippen LogP contribution in [0.1, 0.15) is 28.7 Å². The minimum absolute atomic E-state index is 0.0851. The van der Waals surface area contributed by atoms with Crippen LogP contribution >= 0.6 is 0 Å². The number of halogens is 1. The third-order valence-corrected chi connectivity index (χ3v) is 5.51. The van der Waals surface area contributed by atoms with Gasteiger partial charge in [0.25, 0.3) is 0 Å². The molecule has 2 aromatic rings. The normalized spacial score (nSPS) is 11.4. The molecule has 0 fully saturated rings. The van der Waals surface area contributed by atoms with Crippen molar-refractivity contribution in [2.45, 2.75) is 32.9 Å². The molecule has 1 amide bonds. The number of anilines is 1. The summed E-state index contributed by atoms with van der Waals surface area (Å²) in [5, 5.41) is 2.51. The van der Waals surface area contributed by atoms with Crippen molar-refractivity contribution >= 4 is 21.4 Å². The van der Waals surface area contributed by atoms with Crippen LogP contribution < -0.4 is 5.32 Å². The molecule has 2 aromatic carbocycles. The molecule has 0 spiro atoms. The summed E-state index contributed by atoms with van der Waals surface area (Å²) in [5.74, 6) is -1.25. The van der Waals surface area contributed by atoms with Gasteiger partial charge in [0.05, 0.1) is 11.5 Å². The first-order valence-corrected chi connectivity index (χ1v) is 9.81. The third-order valence-electron chi connectivity index (χ3n) is 3.95. The highest BCUT2D eigenvalue weighted by Crippen LogP contribution is 2.20. The Morgan fingerprint density at radius 2 is 1.72 bits per heavy atom. The second kappa shape index (κ2) is 7.78. The van der Waals surface area contributed by atoms with Gasteiger partial charge in [-0.2, -0.15) is 0 Å². The fraction of sp³-hybridized carbons (Fsp3) is 0.316. The largest absolute Gasteiger partial charge is 0.326 e. The fourth-order valence-electron chi connectivity index (χ4n) is 2.77. The summed E-state index contributed by atoms with van der Waals surface area (Å²) < 4.78 is 37.8. The Hall–Kier alpha value is -2.21. The van der Waals surface area contributed by atoms with Crippen LogP contribution in [0.4, 0.5) is 10.1 Å². The monoisotopic (exact) mass is 363 g/mol. The van der Waals surface area contributed by atoms with Gasteiger partial charge in [-0.05, 0) is 55.7 Å². The van der Waals surface area contributed by atoms with E-state index in [1.54, 1.807) is 6.07 Å². The van der Waals surface area contributed by atoms with Gasteiger partial charge >= 0.3 is 0 Å². The molecule has 0 saturated carbocycles. The van der Waals surface area contributed by atoms with E-state index in [1.807, 2.05) is 32.9 Å². The van der Waals surface area contributed by atoms with Gasteiger partial charge < -0.3 is 5.32 Å². The average Bonchev–Trinajstić information content (AvgIpc) is 2.49. The molecule has 0 atom stereocenters. The van der Waals surface area contributed by atoms with Crippen molar-refractivity contribution in [2.24, 2.45) is 0 Å². The number of hydrogen-bond acceptors (Lipinski definition) is 3. The van der Waals surface area contributed by atoms with E-state index < -0.39 is 21.6 Å². The second-order valence-electron chi connectivity index (χ2n) is 6.28. The predicted molar refractivity (Wildman–Crippen MR) is 97.8 cm³/mol. The van der Waals surface area contributed by atoms with E-state index in [1.165, 1.54) is 18.2 Å². The Balaban J connectivity index is 1.99. The summed E-state index contributed by atoms with van der Waals surface area (Å²) in [4.78, 5) is 11.9. The van der Waals surface area contributed by atoms with E-state index in [-0.39, 0.29) is 17.9 Å². The molecule has 0 radical (unpaired) electrons. The third kappa shape index (κ3) is 5.67. The lowest BCUT2D eigenvalue weighted by Crippen LogP contribution is -2.19. The van der Waals surface area contributed by atoms with Gasteiger partial charge in [0.1, 0.15) is 5.82 Å². The Morgan fingerprint density at radius 3 is 2.32 bits per heavy atom. The first-order chi connectivity index (χ1) is 11.7. The van der Waals surface area contributed by atoms with Crippen molar-refractivity contribution in [1.29, 1.82) is 0 Å². The Labute approximate surface area is 148 Å². The molecule has 0 saturated heterocycles. The minimum Gasteiger partial charge on any atom is -0.326 e. The molecule has 0 aliphatic heterocycles. The van der Waals surface area contributed by atoms with Gasteiger partial charge in [-0.15, -0.1) is 0 Å². The summed E-state index contributed by atoms with van der Waals surface area (Å²) >= 11 is 0. The van der Waals surface area contributed by atoms with E-state index >= 15 is 0 Å². The van der Waals surface area contributed by atoms with Crippen LogP contribution in [0.5, 0.6) is 0 Å². The van der Waals surface area contributed by atoms with Gasteiger partial charge in [0.15, 0.2) is 9.84 Å². The van der Waals surface area contributed by atoms with Crippen LogP contribution in [0.3, 0.4) is 0 Å². The van der Waals surface area contributed by atoms with E-state index in [0.29, 0.717) is 5.69 Å². The first kappa shape index (κ1) is 19.1. The molecule has 0 aliphatic rings. The number of rotatable bonds is 6. The highest BCUT2D eigenvalue weighted by Gasteiger charge is 2.17. The number of hydrogen-bond donors (Lipinski definition) is 1. The van der Waals surface area contributed by atoms with E-state index in [9.17, 15) is 17.6 Å². The van der Waals surface area contributed by atoms with Crippen molar-refractivity contribution in [3.8, 4) is 0 Å². The lowest BCUT2D eigenvalue weighted by atomic mass is 10.0.